The van der Waals surface area contributed by atoms with Gasteiger partial charge >= 0.3 is 0 Å². The van der Waals surface area contributed by atoms with Gasteiger partial charge in [0.05, 0.1) is 5.56 Å². The molecule has 1 amide bonds. The maximum atomic E-state index is 13.7. The first-order chi connectivity index (χ1) is 10.6. The van der Waals surface area contributed by atoms with Crippen LogP contribution in [0.4, 0.5) is 4.39 Å². The van der Waals surface area contributed by atoms with E-state index in [1.807, 2.05) is 30.2 Å². The standard InChI is InChI=1S/C17H20FN3O/c1-13-10-19-11-15(13)17(22)21-8-6-20(7-9-21)12-14-4-2-3-5-16(14)18/h2-5,10-11,19H,6-9,12H2,1H3. The molecular formula is C17H20FN3O. The third-order valence-electron chi connectivity index (χ3n) is 4.19. The fraction of sp³-hybridized carbons (Fsp3) is 0.353. The lowest BCUT2D eigenvalue weighted by molar-refractivity contribution is 0.0626. The summed E-state index contributed by atoms with van der Waals surface area (Å²) >= 11 is 0. The predicted octanol–water partition coefficient (Wildman–Crippen LogP) is 2.42. The summed E-state index contributed by atoms with van der Waals surface area (Å²) in [4.78, 5) is 19.5. The summed E-state index contributed by atoms with van der Waals surface area (Å²) in [6.07, 6.45) is 3.59. The fourth-order valence-electron chi connectivity index (χ4n) is 2.82. The van der Waals surface area contributed by atoms with E-state index in [-0.39, 0.29) is 11.7 Å². The van der Waals surface area contributed by atoms with Crippen molar-refractivity contribution in [3.05, 3.63) is 59.2 Å². The van der Waals surface area contributed by atoms with Crippen LogP contribution in [0.25, 0.3) is 0 Å². The quantitative estimate of drug-likeness (QED) is 0.945. The number of aromatic nitrogens is 1. The topological polar surface area (TPSA) is 39.3 Å². The van der Waals surface area contributed by atoms with Crippen molar-refractivity contribution in [2.24, 2.45) is 0 Å². The number of hydrogen-bond donors (Lipinski definition) is 1. The molecule has 0 saturated carbocycles. The van der Waals surface area contributed by atoms with E-state index in [0.29, 0.717) is 25.2 Å². The zero-order valence-electron chi connectivity index (χ0n) is 12.7. The van der Waals surface area contributed by atoms with Crippen molar-refractivity contribution in [2.45, 2.75) is 13.5 Å². The smallest absolute Gasteiger partial charge is 0.255 e. The van der Waals surface area contributed by atoms with Crippen LogP contribution >= 0.6 is 0 Å². The summed E-state index contributed by atoms with van der Waals surface area (Å²) in [5.74, 6) is -0.0896. The molecule has 1 fully saturated rings. The number of carbonyl (C=O) groups is 1. The van der Waals surface area contributed by atoms with Gasteiger partial charge in [-0.1, -0.05) is 18.2 Å². The minimum absolute atomic E-state index is 0.0734. The molecular weight excluding hydrogens is 281 g/mol. The molecule has 5 heteroatoms. The van der Waals surface area contributed by atoms with Crippen LogP contribution in [0.5, 0.6) is 0 Å². The van der Waals surface area contributed by atoms with E-state index in [1.165, 1.54) is 6.07 Å². The first kappa shape index (κ1) is 14.8. The van der Waals surface area contributed by atoms with E-state index < -0.39 is 0 Å². The molecule has 3 rings (SSSR count). The number of nitrogens with zero attached hydrogens (tertiary/aromatic N) is 2. The van der Waals surface area contributed by atoms with Crippen LogP contribution in [-0.4, -0.2) is 46.9 Å². The Hall–Kier alpha value is -2.14. The molecule has 2 heterocycles. The number of nitrogens with one attached hydrogen (secondary N) is 1. The third-order valence-corrected chi connectivity index (χ3v) is 4.19. The SMILES string of the molecule is Cc1c[nH]cc1C(=O)N1CCN(Cc2ccccc2F)CC1. The molecule has 0 radical (unpaired) electrons. The van der Waals surface area contributed by atoms with Crippen molar-refractivity contribution in [3.63, 3.8) is 0 Å². The highest BCUT2D eigenvalue weighted by Crippen LogP contribution is 2.15. The number of aryl methyl sites for hydroxylation is 1. The highest BCUT2D eigenvalue weighted by Gasteiger charge is 2.23. The Balaban J connectivity index is 1.58. The van der Waals surface area contributed by atoms with Gasteiger partial charge in [-0.05, 0) is 18.6 Å². The van der Waals surface area contributed by atoms with E-state index in [1.54, 1.807) is 12.3 Å². The van der Waals surface area contributed by atoms with Crippen molar-refractivity contribution < 1.29 is 9.18 Å². The largest absolute Gasteiger partial charge is 0.367 e. The van der Waals surface area contributed by atoms with Gasteiger partial charge in [-0.15, -0.1) is 0 Å². The number of amides is 1. The summed E-state index contributed by atoms with van der Waals surface area (Å²) in [6, 6.07) is 6.86. The molecule has 116 valence electrons. The molecule has 1 aliphatic heterocycles. The van der Waals surface area contributed by atoms with Gasteiger partial charge in [0.15, 0.2) is 0 Å². The number of halogens is 1. The maximum absolute atomic E-state index is 13.7. The third kappa shape index (κ3) is 3.04. The van der Waals surface area contributed by atoms with Gasteiger partial charge < -0.3 is 9.88 Å². The van der Waals surface area contributed by atoms with Crippen molar-refractivity contribution in [1.82, 2.24) is 14.8 Å². The molecule has 1 aromatic heterocycles. The normalized spacial score (nSPS) is 16.0. The molecule has 0 spiro atoms. The van der Waals surface area contributed by atoms with E-state index >= 15 is 0 Å². The molecule has 2 aromatic rings. The van der Waals surface area contributed by atoms with E-state index in [4.69, 9.17) is 0 Å². The van der Waals surface area contributed by atoms with Crippen LogP contribution in [0.15, 0.2) is 36.7 Å². The van der Waals surface area contributed by atoms with Crippen LogP contribution in [0.2, 0.25) is 0 Å². The molecule has 0 aliphatic carbocycles. The maximum Gasteiger partial charge on any atom is 0.255 e. The monoisotopic (exact) mass is 301 g/mol. The Morgan fingerprint density at radius 2 is 1.91 bits per heavy atom. The summed E-state index contributed by atoms with van der Waals surface area (Å²) < 4.78 is 13.7. The number of carbonyl (C=O) groups excluding carboxylic acids is 1. The molecule has 0 atom stereocenters. The second kappa shape index (κ2) is 6.32. The molecule has 0 unspecified atom stereocenters. The average molecular weight is 301 g/mol. The number of piperazine rings is 1. The Labute approximate surface area is 129 Å². The number of aromatic amines is 1. The summed E-state index contributed by atoms with van der Waals surface area (Å²) in [5.41, 5.74) is 2.42. The minimum Gasteiger partial charge on any atom is -0.367 e. The minimum atomic E-state index is -0.163. The number of rotatable bonds is 3. The second-order valence-electron chi connectivity index (χ2n) is 5.71. The predicted molar refractivity (Wildman–Crippen MR) is 83.1 cm³/mol. The fourth-order valence-corrected chi connectivity index (χ4v) is 2.82. The first-order valence-electron chi connectivity index (χ1n) is 7.53. The van der Waals surface area contributed by atoms with Gasteiger partial charge in [0.2, 0.25) is 0 Å². The van der Waals surface area contributed by atoms with Gasteiger partial charge in [0.25, 0.3) is 5.91 Å². The van der Waals surface area contributed by atoms with Crippen LogP contribution in [0.3, 0.4) is 0 Å². The molecule has 22 heavy (non-hydrogen) atoms. The van der Waals surface area contributed by atoms with Gasteiger partial charge in [-0.25, -0.2) is 4.39 Å². The lowest BCUT2D eigenvalue weighted by Crippen LogP contribution is -2.48. The Bertz CT molecular complexity index is 659. The van der Waals surface area contributed by atoms with Crippen LogP contribution in [0, 0.1) is 12.7 Å². The van der Waals surface area contributed by atoms with Gasteiger partial charge in [-0.2, -0.15) is 0 Å². The van der Waals surface area contributed by atoms with Gasteiger partial charge in [-0.3, -0.25) is 9.69 Å². The average Bonchev–Trinajstić information content (AvgIpc) is 2.96. The van der Waals surface area contributed by atoms with Crippen LogP contribution in [0.1, 0.15) is 21.5 Å². The Kier molecular flexibility index (Phi) is 4.24. The van der Waals surface area contributed by atoms with Crippen molar-refractivity contribution >= 4 is 5.91 Å². The highest BCUT2D eigenvalue weighted by molar-refractivity contribution is 5.95. The van der Waals surface area contributed by atoms with Crippen molar-refractivity contribution in [3.8, 4) is 0 Å². The summed E-state index contributed by atoms with van der Waals surface area (Å²) in [7, 11) is 0. The van der Waals surface area contributed by atoms with Gasteiger partial charge in [0.1, 0.15) is 5.82 Å². The summed E-state index contributed by atoms with van der Waals surface area (Å²) in [6.45, 7) is 5.42. The zero-order chi connectivity index (χ0) is 15.5. The highest BCUT2D eigenvalue weighted by atomic mass is 19.1. The summed E-state index contributed by atoms with van der Waals surface area (Å²) in [5, 5.41) is 0. The van der Waals surface area contributed by atoms with Crippen LogP contribution < -0.4 is 0 Å². The molecule has 4 nitrogen and oxygen atoms in total. The molecule has 1 aliphatic rings. The van der Waals surface area contributed by atoms with Gasteiger partial charge in [0, 0.05) is 50.7 Å². The lowest BCUT2D eigenvalue weighted by atomic mass is 10.1. The van der Waals surface area contributed by atoms with Crippen LogP contribution in [-0.2, 0) is 6.54 Å². The Morgan fingerprint density at radius 1 is 1.18 bits per heavy atom. The zero-order valence-corrected chi connectivity index (χ0v) is 12.7. The molecule has 1 N–H and O–H groups in total. The van der Waals surface area contributed by atoms with E-state index in [0.717, 1.165) is 24.2 Å². The molecule has 1 aromatic carbocycles. The lowest BCUT2D eigenvalue weighted by Gasteiger charge is -2.34. The molecule has 1 saturated heterocycles. The van der Waals surface area contributed by atoms with Crippen molar-refractivity contribution in [1.29, 1.82) is 0 Å². The molecule has 0 bridgehead atoms. The number of hydrogen-bond acceptors (Lipinski definition) is 2. The first-order valence-corrected chi connectivity index (χ1v) is 7.53. The second-order valence-corrected chi connectivity index (χ2v) is 5.71. The Morgan fingerprint density at radius 3 is 2.55 bits per heavy atom. The van der Waals surface area contributed by atoms with Crippen molar-refractivity contribution in [2.75, 3.05) is 26.2 Å². The number of benzene rings is 1. The van der Waals surface area contributed by atoms with E-state index in [9.17, 15) is 9.18 Å². The number of H-pyrrole nitrogens is 1. The van der Waals surface area contributed by atoms with E-state index in [2.05, 4.69) is 9.88 Å².